The van der Waals surface area contributed by atoms with E-state index in [1.807, 2.05) is 0 Å². The molecule has 0 N–H and O–H groups in total. The number of hydrogen-bond acceptors (Lipinski definition) is 0. The highest BCUT2D eigenvalue weighted by Gasteiger charge is 2.23. The van der Waals surface area contributed by atoms with E-state index in [-0.39, 0.29) is 0 Å². The summed E-state index contributed by atoms with van der Waals surface area (Å²) in [5.74, 6) is 0. The molecule has 4 rings (SSSR count). The third-order valence-corrected chi connectivity index (χ3v) is 6.12. The fourth-order valence-electron chi connectivity index (χ4n) is 4.35. The Hall–Kier alpha value is -3.12. The van der Waals surface area contributed by atoms with Crippen LogP contribution in [0, 0.1) is 0 Å². The fourth-order valence-corrected chi connectivity index (χ4v) is 4.35. The molecule has 0 radical (unpaired) electrons. The van der Waals surface area contributed by atoms with Crippen LogP contribution in [0.1, 0.15) is 39.7 Å². The standard InChI is InChI=1S/C29H28/c1-18(2)21(6)28(27-17-24(19(3)4)15-20(27)5)29-25-13-9-7-11-22(25)16-23-12-8-10-14-26(23)29/h7-16H,1,3,17H2,2,4-6H3/b28-21+. The molecule has 0 saturated carbocycles. The van der Waals surface area contributed by atoms with Crippen LogP contribution in [0.2, 0.25) is 0 Å². The Labute approximate surface area is 174 Å². The molecule has 0 heteroatoms. The van der Waals surface area contributed by atoms with Crippen molar-refractivity contribution in [1.29, 1.82) is 0 Å². The summed E-state index contributed by atoms with van der Waals surface area (Å²) in [6.45, 7) is 17.1. The zero-order chi connectivity index (χ0) is 20.7. The fraction of sp³-hybridized carbons (Fsp3) is 0.172. The van der Waals surface area contributed by atoms with Crippen molar-refractivity contribution in [1.82, 2.24) is 0 Å². The van der Waals surface area contributed by atoms with Crippen LogP contribution in [0.3, 0.4) is 0 Å². The van der Waals surface area contributed by atoms with Gasteiger partial charge in [-0.2, -0.15) is 0 Å². The SMILES string of the molecule is C=C(C)C1=CC(C)=C(/C(=C(/C)C(=C)C)c2c3ccccc3cc3ccccc23)C1. The van der Waals surface area contributed by atoms with Gasteiger partial charge in [-0.05, 0) is 95.2 Å². The number of allylic oxidation sites excluding steroid dienone is 8. The molecule has 0 spiro atoms. The van der Waals surface area contributed by atoms with Gasteiger partial charge in [0, 0.05) is 0 Å². The van der Waals surface area contributed by atoms with Gasteiger partial charge in [0.25, 0.3) is 0 Å². The molecule has 0 atom stereocenters. The molecular weight excluding hydrogens is 348 g/mol. The van der Waals surface area contributed by atoms with Crippen LogP contribution < -0.4 is 0 Å². The molecule has 0 amide bonds. The van der Waals surface area contributed by atoms with Crippen LogP contribution in [-0.4, -0.2) is 0 Å². The molecule has 1 aliphatic carbocycles. The van der Waals surface area contributed by atoms with E-state index in [0.717, 1.165) is 17.6 Å². The summed E-state index contributed by atoms with van der Waals surface area (Å²) in [5, 5.41) is 5.15. The molecule has 0 nitrogen and oxygen atoms in total. The summed E-state index contributed by atoms with van der Waals surface area (Å²) in [5.41, 5.74) is 10.2. The Bertz CT molecular complexity index is 1220. The van der Waals surface area contributed by atoms with Gasteiger partial charge in [-0.25, -0.2) is 0 Å². The normalized spacial score (nSPS) is 15.0. The van der Waals surface area contributed by atoms with E-state index in [1.165, 1.54) is 55.0 Å². The number of fused-ring (bicyclic) bond motifs is 2. The van der Waals surface area contributed by atoms with Crippen molar-refractivity contribution in [2.24, 2.45) is 0 Å². The lowest BCUT2D eigenvalue weighted by atomic mass is 9.83. The summed E-state index contributed by atoms with van der Waals surface area (Å²) in [4.78, 5) is 0. The lowest BCUT2D eigenvalue weighted by molar-refractivity contribution is 1.19. The van der Waals surface area contributed by atoms with Crippen molar-refractivity contribution in [2.45, 2.75) is 34.1 Å². The highest BCUT2D eigenvalue weighted by molar-refractivity contribution is 6.12. The average molecular weight is 377 g/mol. The molecule has 0 heterocycles. The third kappa shape index (κ3) is 3.29. The molecule has 0 aromatic heterocycles. The van der Waals surface area contributed by atoms with Crippen molar-refractivity contribution in [3.8, 4) is 0 Å². The maximum atomic E-state index is 4.30. The van der Waals surface area contributed by atoms with Gasteiger partial charge in [0.2, 0.25) is 0 Å². The average Bonchev–Trinajstić information content (AvgIpc) is 3.09. The highest BCUT2D eigenvalue weighted by atomic mass is 14.3. The monoisotopic (exact) mass is 376 g/mol. The molecule has 0 fully saturated rings. The second-order valence-electron chi connectivity index (χ2n) is 8.26. The Morgan fingerprint density at radius 3 is 1.86 bits per heavy atom. The second kappa shape index (κ2) is 7.37. The number of benzene rings is 3. The molecule has 0 saturated heterocycles. The van der Waals surface area contributed by atoms with Crippen LogP contribution in [0.15, 0.2) is 107 Å². The first-order chi connectivity index (χ1) is 13.9. The summed E-state index contributed by atoms with van der Waals surface area (Å²) in [6, 6.07) is 19.8. The Balaban J connectivity index is 2.12. The van der Waals surface area contributed by atoms with E-state index in [2.05, 4.69) is 102 Å². The number of hydrogen-bond donors (Lipinski definition) is 0. The second-order valence-corrected chi connectivity index (χ2v) is 8.26. The maximum absolute atomic E-state index is 4.30. The Kier molecular flexibility index (Phi) is 4.88. The molecule has 144 valence electrons. The van der Waals surface area contributed by atoms with Gasteiger partial charge in [0.1, 0.15) is 0 Å². The molecule has 1 aliphatic rings. The lowest BCUT2D eigenvalue weighted by Gasteiger charge is -2.21. The number of rotatable bonds is 4. The predicted molar refractivity (Wildman–Crippen MR) is 129 cm³/mol. The molecule has 29 heavy (non-hydrogen) atoms. The van der Waals surface area contributed by atoms with Gasteiger partial charge in [0.05, 0.1) is 0 Å². The van der Waals surface area contributed by atoms with Crippen LogP contribution in [0.25, 0.3) is 27.1 Å². The highest BCUT2D eigenvalue weighted by Crippen LogP contribution is 2.45. The summed E-state index contributed by atoms with van der Waals surface area (Å²) >= 11 is 0. The van der Waals surface area contributed by atoms with Gasteiger partial charge >= 0.3 is 0 Å². The van der Waals surface area contributed by atoms with E-state index < -0.39 is 0 Å². The summed E-state index contributed by atoms with van der Waals surface area (Å²) < 4.78 is 0. The van der Waals surface area contributed by atoms with Gasteiger partial charge in [-0.3, -0.25) is 0 Å². The van der Waals surface area contributed by atoms with Crippen LogP contribution >= 0.6 is 0 Å². The van der Waals surface area contributed by atoms with Crippen molar-refractivity contribution >= 4 is 27.1 Å². The smallest absolute Gasteiger partial charge is 0.00144 e. The van der Waals surface area contributed by atoms with Gasteiger partial charge in [-0.15, -0.1) is 0 Å². The summed E-state index contributed by atoms with van der Waals surface area (Å²) in [7, 11) is 0. The zero-order valence-corrected chi connectivity index (χ0v) is 17.9. The molecular formula is C29H28. The van der Waals surface area contributed by atoms with E-state index in [9.17, 15) is 0 Å². The van der Waals surface area contributed by atoms with Crippen LogP contribution in [0.4, 0.5) is 0 Å². The first kappa shape index (κ1) is 19.2. The van der Waals surface area contributed by atoms with Gasteiger partial charge < -0.3 is 0 Å². The van der Waals surface area contributed by atoms with Crippen molar-refractivity contribution in [2.75, 3.05) is 0 Å². The lowest BCUT2D eigenvalue weighted by Crippen LogP contribution is -1.99. The maximum Gasteiger partial charge on any atom is -0.00144 e. The van der Waals surface area contributed by atoms with Crippen molar-refractivity contribution < 1.29 is 0 Å². The minimum absolute atomic E-state index is 0.929. The van der Waals surface area contributed by atoms with Crippen molar-refractivity contribution in [3.05, 3.63) is 113 Å². The molecule has 0 bridgehead atoms. The third-order valence-electron chi connectivity index (χ3n) is 6.12. The van der Waals surface area contributed by atoms with Crippen LogP contribution in [-0.2, 0) is 0 Å². The van der Waals surface area contributed by atoms with E-state index in [4.69, 9.17) is 0 Å². The quantitative estimate of drug-likeness (QED) is 0.316. The topological polar surface area (TPSA) is 0 Å². The first-order valence-corrected chi connectivity index (χ1v) is 10.2. The minimum atomic E-state index is 0.929. The van der Waals surface area contributed by atoms with Crippen molar-refractivity contribution in [3.63, 3.8) is 0 Å². The Morgan fingerprint density at radius 2 is 1.38 bits per heavy atom. The van der Waals surface area contributed by atoms with Gasteiger partial charge in [-0.1, -0.05) is 78.9 Å². The predicted octanol–water partition coefficient (Wildman–Crippen LogP) is 8.57. The molecule has 0 unspecified atom stereocenters. The Morgan fingerprint density at radius 1 is 0.828 bits per heavy atom. The molecule has 3 aromatic carbocycles. The van der Waals surface area contributed by atoms with E-state index >= 15 is 0 Å². The van der Waals surface area contributed by atoms with E-state index in [0.29, 0.717) is 0 Å². The van der Waals surface area contributed by atoms with Gasteiger partial charge in [0.15, 0.2) is 0 Å². The zero-order valence-electron chi connectivity index (χ0n) is 17.9. The minimum Gasteiger partial charge on any atom is -0.0958 e. The van der Waals surface area contributed by atoms with E-state index in [1.54, 1.807) is 0 Å². The first-order valence-electron chi connectivity index (χ1n) is 10.2. The van der Waals surface area contributed by atoms with Crippen LogP contribution in [0.5, 0.6) is 0 Å². The molecule has 3 aromatic rings. The summed E-state index contributed by atoms with van der Waals surface area (Å²) in [6.07, 6.45) is 3.23. The largest absolute Gasteiger partial charge is 0.0958 e. The molecule has 0 aliphatic heterocycles.